The largest absolute Gasteiger partial charge is 0.378 e. The molecule has 3 aromatic rings. The molecule has 22 heavy (non-hydrogen) atoms. The van der Waals surface area contributed by atoms with Gasteiger partial charge in [0, 0.05) is 30.9 Å². The molecule has 0 saturated carbocycles. The second kappa shape index (κ2) is 5.47. The van der Waals surface area contributed by atoms with Gasteiger partial charge in [0.25, 0.3) is 0 Å². The minimum Gasteiger partial charge on any atom is -0.378 e. The Kier molecular flexibility index (Phi) is 3.32. The van der Waals surface area contributed by atoms with Crippen molar-refractivity contribution >= 4 is 33.3 Å². The minimum atomic E-state index is 0.238. The zero-order valence-corrected chi connectivity index (χ0v) is 12.5. The Labute approximate surface area is 130 Å². The molecule has 111 valence electrons. The van der Waals surface area contributed by atoms with Crippen LogP contribution in [0.4, 0.5) is 11.8 Å². The molecule has 1 fully saturated rings. The van der Waals surface area contributed by atoms with E-state index in [1.807, 2.05) is 6.07 Å². The second-order valence-electron chi connectivity index (χ2n) is 4.88. The van der Waals surface area contributed by atoms with E-state index in [0.29, 0.717) is 19.0 Å². The molecular weight excluding hydrogens is 300 g/mol. The molecule has 4 rings (SSSR count). The molecule has 0 spiro atoms. The van der Waals surface area contributed by atoms with Crippen LogP contribution in [0, 0.1) is 5.38 Å². The molecule has 0 amide bonds. The highest BCUT2D eigenvalue weighted by Gasteiger charge is 2.19. The molecule has 0 aromatic carbocycles. The Bertz CT molecular complexity index is 797. The van der Waals surface area contributed by atoms with Gasteiger partial charge in [-0.2, -0.15) is 0 Å². The van der Waals surface area contributed by atoms with Crippen molar-refractivity contribution < 1.29 is 4.74 Å². The Balaban J connectivity index is 1.84. The zero-order valence-electron chi connectivity index (χ0n) is 11.7. The van der Waals surface area contributed by atoms with Crippen LogP contribution in [-0.4, -0.2) is 46.2 Å². The van der Waals surface area contributed by atoms with E-state index in [9.17, 15) is 0 Å². The summed E-state index contributed by atoms with van der Waals surface area (Å²) < 4.78 is 6.46. The van der Waals surface area contributed by atoms with Crippen LogP contribution in [0.2, 0.25) is 0 Å². The predicted molar refractivity (Wildman–Crippen MR) is 84.7 cm³/mol. The van der Waals surface area contributed by atoms with Crippen molar-refractivity contribution in [2.75, 3.05) is 36.9 Å². The van der Waals surface area contributed by atoms with Crippen LogP contribution in [0.25, 0.3) is 21.6 Å². The lowest BCUT2D eigenvalue weighted by Gasteiger charge is -2.28. The summed E-state index contributed by atoms with van der Waals surface area (Å²) in [4.78, 5) is 19.6. The highest BCUT2D eigenvalue weighted by molar-refractivity contribution is 7.17. The Morgan fingerprint density at radius 3 is 2.73 bits per heavy atom. The molecule has 4 heterocycles. The third kappa shape index (κ3) is 2.36. The highest BCUT2D eigenvalue weighted by atomic mass is 32.1. The van der Waals surface area contributed by atoms with E-state index < -0.39 is 0 Å². The molecule has 0 unspecified atom stereocenters. The molecule has 8 heteroatoms. The number of nitrogens with zero attached hydrogens (tertiary/aromatic N) is 5. The molecule has 0 bridgehead atoms. The number of rotatable bonds is 2. The van der Waals surface area contributed by atoms with Gasteiger partial charge in [-0.1, -0.05) is 0 Å². The van der Waals surface area contributed by atoms with Gasteiger partial charge in [-0.15, -0.1) is 11.3 Å². The number of nitrogens with two attached hydrogens (primary N) is 1. The fourth-order valence-corrected chi connectivity index (χ4v) is 3.13. The number of fused-ring (bicyclic) bond motifs is 1. The van der Waals surface area contributed by atoms with Crippen LogP contribution in [-0.2, 0) is 4.74 Å². The highest BCUT2D eigenvalue weighted by Crippen LogP contribution is 2.31. The first kappa shape index (κ1) is 13.4. The summed E-state index contributed by atoms with van der Waals surface area (Å²) in [5.74, 6) is 1.76. The normalized spacial score (nSPS) is 15.4. The monoisotopic (exact) mass is 313 g/mol. The fraction of sp³-hybridized carbons (Fsp3) is 0.286. The van der Waals surface area contributed by atoms with Gasteiger partial charge in [0.05, 0.1) is 29.0 Å². The standard InChI is InChI=1S/C14H13N6OS/c15-14-16-7-9(8-17-14)12-18-10-1-6-22-11(10)13(19-12)20-2-4-21-5-3-20/h1,7-8H,2-5H2,(H2,15,16,17). The SMILES string of the molecule is Nc1ncc(-c2nc(N3CCOCC3)c3s[c]cc3n2)cn1. The van der Waals surface area contributed by atoms with E-state index in [2.05, 4.69) is 25.2 Å². The number of hydrogen-bond donors (Lipinski definition) is 1. The second-order valence-corrected chi connectivity index (χ2v) is 5.73. The lowest BCUT2D eigenvalue weighted by Crippen LogP contribution is -2.36. The zero-order chi connectivity index (χ0) is 14.9. The topological polar surface area (TPSA) is 90.0 Å². The van der Waals surface area contributed by atoms with E-state index in [-0.39, 0.29) is 5.95 Å². The number of hydrogen-bond acceptors (Lipinski definition) is 8. The van der Waals surface area contributed by atoms with Crippen molar-refractivity contribution in [3.8, 4) is 11.4 Å². The van der Waals surface area contributed by atoms with Crippen LogP contribution >= 0.6 is 11.3 Å². The maximum atomic E-state index is 5.54. The van der Waals surface area contributed by atoms with E-state index in [4.69, 9.17) is 15.5 Å². The van der Waals surface area contributed by atoms with Gasteiger partial charge in [-0.05, 0) is 6.07 Å². The average Bonchev–Trinajstić information content (AvgIpc) is 3.04. The first-order valence-corrected chi connectivity index (χ1v) is 7.71. The summed E-state index contributed by atoms with van der Waals surface area (Å²) in [6.07, 6.45) is 3.28. The van der Waals surface area contributed by atoms with Gasteiger partial charge < -0.3 is 15.4 Å². The van der Waals surface area contributed by atoms with Gasteiger partial charge in [0.2, 0.25) is 5.95 Å². The predicted octanol–water partition coefficient (Wildman–Crippen LogP) is 1.37. The van der Waals surface area contributed by atoms with Gasteiger partial charge in [0.1, 0.15) is 0 Å². The van der Waals surface area contributed by atoms with E-state index in [1.54, 1.807) is 12.4 Å². The summed E-state index contributed by atoms with van der Waals surface area (Å²) >= 11 is 1.53. The van der Waals surface area contributed by atoms with E-state index >= 15 is 0 Å². The summed E-state index contributed by atoms with van der Waals surface area (Å²) in [5.41, 5.74) is 7.17. The van der Waals surface area contributed by atoms with Crippen molar-refractivity contribution in [1.29, 1.82) is 0 Å². The van der Waals surface area contributed by atoms with Gasteiger partial charge >= 0.3 is 0 Å². The molecule has 1 saturated heterocycles. The molecule has 7 nitrogen and oxygen atoms in total. The number of morpholine rings is 1. The molecule has 1 radical (unpaired) electrons. The Morgan fingerprint density at radius 1 is 1.18 bits per heavy atom. The van der Waals surface area contributed by atoms with Crippen LogP contribution < -0.4 is 10.6 Å². The van der Waals surface area contributed by atoms with Crippen LogP contribution in [0.3, 0.4) is 0 Å². The molecule has 1 aliphatic rings. The third-order valence-electron chi connectivity index (χ3n) is 3.47. The molecule has 0 aliphatic carbocycles. The van der Waals surface area contributed by atoms with Crippen LogP contribution in [0.1, 0.15) is 0 Å². The lowest BCUT2D eigenvalue weighted by molar-refractivity contribution is 0.122. The molecule has 0 atom stereocenters. The summed E-state index contributed by atoms with van der Waals surface area (Å²) in [5, 5.41) is 3.13. The molecule has 1 aliphatic heterocycles. The summed E-state index contributed by atoms with van der Waals surface area (Å²) in [6.45, 7) is 3.06. The Morgan fingerprint density at radius 2 is 1.95 bits per heavy atom. The maximum absolute atomic E-state index is 5.54. The third-order valence-corrected chi connectivity index (χ3v) is 4.30. The summed E-state index contributed by atoms with van der Waals surface area (Å²) in [6, 6.07) is 1.88. The molecule has 2 N–H and O–H groups in total. The van der Waals surface area contributed by atoms with Gasteiger partial charge in [-0.25, -0.2) is 19.9 Å². The quantitative estimate of drug-likeness (QED) is 0.764. The number of thiophene rings is 1. The number of nitrogen functional groups attached to an aromatic ring is 1. The van der Waals surface area contributed by atoms with Gasteiger partial charge in [-0.3, -0.25) is 0 Å². The van der Waals surface area contributed by atoms with Crippen molar-refractivity contribution in [1.82, 2.24) is 19.9 Å². The smallest absolute Gasteiger partial charge is 0.219 e. The van der Waals surface area contributed by atoms with Crippen LogP contribution in [0.5, 0.6) is 0 Å². The van der Waals surface area contributed by atoms with Crippen molar-refractivity contribution in [2.45, 2.75) is 0 Å². The van der Waals surface area contributed by atoms with Crippen LogP contribution in [0.15, 0.2) is 18.5 Å². The van der Waals surface area contributed by atoms with Gasteiger partial charge in [0.15, 0.2) is 11.6 Å². The number of ether oxygens (including phenoxy) is 1. The minimum absolute atomic E-state index is 0.238. The fourth-order valence-electron chi connectivity index (χ4n) is 2.37. The van der Waals surface area contributed by atoms with Crippen molar-refractivity contribution in [3.05, 3.63) is 23.8 Å². The maximum Gasteiger partial charge on any atom is 0.219 e. The van der Waals surface area contributed by atoms with E-state index in [0.717, 1.165) is 34.7 Å². The first-order chi connectivity index (χ1) is 10.8. The first-order valence-electron chi connectivity index (χ1n) is 6.89. The Hall–Kier alpha value is -2.32. The van der Waals surface area contributed by atoms with E-state index in [1.165, 1.54) is 11.3 Å². The molecule has 3 aromatic heterocycles. The molecular formula is C14H13N6OS. The summed E-state index contributed by atoms with van der Waals surface area (Å²) in [7, 11) is 0. The lowest BCUT2D eigenvalue weighted by atomic mass is 10.3. The average molecular weight is 313 g/mol. The number of aromatic nitrogens is 4. The number of anilines is 2. The van der Waals surface area contributed by atoms with Crippen molar-refractivity contribution in [2.24, 2.45) is 0 Å². The van der Waals surface area contributed by atoms with Crippen molar-refractivity contribution in [3.63, 3.8) is 0 Å².